The Hall–Kier alpha value is -5.88. The normalized spacial score (nSPS) is 12.1. The zero-order valence-corrected chi connectivity index (χ0v) is 27.6. The highest BCUT2D eigenvalue weighted by Gasteiger charge is 2.21. The monoisotopic (exact) mass is 660 g/mol. The van der Waals surface area contributed by atoms with E-state index in [1.807, 2.05) is 11.3 Å². The second kappa shape index (κ2) is 10.3. The van der Waals surface area contributed by atoms with Gasteiger partial charge in [-0.3, -0.25) is 0 Å². The van der Waals surface area contributed by atoms with E-state index in [1.165, 1.54) is 41.2 Å². The summed E-state index contributed by atoms with van der Waals surface area (Å²) >= 11 is 3.57. The van der Waals surface area contributed by atoms with Crippen molar-refractivity contribution in [2.45, 2.75) is 0 Å². The topological polar surface area (TPSA) is 38.9 Å². The Morgan fingerprint density at radius 1 is 0.449 bits per heavy atom. The molecule has 0 N–H and O–H groups in total. The molecule has 0 aliphatic rings. The summed E-state index contributed by atoms with van der Waals surface area (Å²) in [5.41, 5.74) is 8.03. The summed E-state index contributed by atoms with van der Waals surface area (Å²) in [6.07, 6.45) is 0. The fourth-order valence-electron chi connectivity index (χ4n) is 7.34. The van der Waals surface area contributed by atoms with E-state index >= 15 is 0 Å². The molecule has 0 radical (unpaired) electrons. The summed E-state index contributed by atoms with van der Waals surface area (Å²) < 4.78 is 11.3. The molecule has 0 bridgehead atoms. The fourth-order valence-corrected chi connectivity index (χ4v) is 9.63. The number of thiophene rings is 2. The number of hydrogen-bond donors (Lipinski definition) is 0. The van der Waals surface area contributed by atoms with Gasteiger partial charge < -0.3 is 4.42 Å². The summed E-state index contributed by atoms with van der Waals surface area (Å²) in [4.78, 5) is 10.7. The van der Waals surface area contributed by atoms with Crippen LogP contribution in [0.5, 0.6) is 0 Å². The third-order valence-corrected chi connectivity index (χ3v) is 12.0. The van der Waals surface area contributed by atoms with Crippen molar-refractivity contribution in [2.75, 3.05) is 0 Å². The van der Waals surface area contributed by atoms with Crippen molar-refractivity contribution in [3.63, 3.8) is 0 Å². The van der Waals surface area contributed by atoms with Gasteiger partial charge in [0.1, 0.15) is 11.2 Å². The molecule has 7 aromatic carbocycles. The predicted octanol–water partition coefficient (Wildman–Crippen LogP) is 13.3. The van der Waals surface area contributed by atoms with Crippen molar-refractivity contribution in [3.05, 3.63) is 146 Å². The van der Waals surface area contributed by atoms with Crippen LogP contribution in [0.1, 0.15) is 0 Å². The second-order valence-electron chi connectivity index (χ2n) is 12.5. The number of rotatable bonds is 3. The Morgan fingerprint density at radius 2 is 1.18 bits per heavy atom. The highest BCUT2D eigenvalue weighted by Crippen LogP contribution is 2.44. The fraction of sp³-hybridized carbons (Fsp3) is 0. The summed E-state index contributed by atoms with van der Waals surface area (Å²) in [5.74, 6) is 0.729. The maximum Gasteiger partial charge on any atom is 0.160 e. The van der Waals surface area contributed by atoms with Gasteiger partial charge in [0.05, 0.1) is 15.9 Å². The summed E-state index contributed by atoms with van der Waals surface area (Å²) in [5, 5.41) is 8.33. The summed E-state index contributed by atoms with van der Waals surface area (Å²) in [7, 11) is 0. The van der Waals surface area contributed by atoms with Gasteiger partial charge in [0.25, 0.3) is 0 Å². The van der Waals surface area contributed by atoms with Crippen LogP contribution >= 0.6 is 22.7 Å². The minimum atomic E-state index is 0.729. The molecular formula is C44H24N2OS2. The van der Waals surface area contributed by atoms with Crippen molar-refractivity contribution in [2.24, 2.45) is 0 Å². The predicted molar refractivity (Wildman–Crippen MR) is 209 cm³/mol. The van der Waals surface area contributed by atoms with Crippen LogP contribution in [0.15, 0.2) is 150 Å². The van der Waals surface area contributed by atoms with Gasteiger partial charge in [-0.15, -0.1) is 22.7 Å². The molecule has 4 aromatic heterocycles. The van der Waals surface area contributed by atoms with Crippen LogP contribution in [0.4, 0.5) is 0 Å². The highest BCUT2D eigenvalue weighted by atomic mass is 32.1. The van der Waals surface area contributed by atoms with Crippen LogP contribution in [0, 0.1) is 0 Å². The molecule has 0 aliphatic carbocycles. The number of fused-ring (bicyclic) bond motifs is 10. The molecule has 0 spiro atoms. The maximum atomic E-state index is 6.50. The van der Waals surface area contributed by atoms with Gasteiger partial charge in [-0.05, 0) is 64.4 Å². The molecule has 5 heteroatoms. The first kappa shape index (κ1) is 27.1. The molecule has 0 saturated carbocycles. The number of nitrogens with zero attached hydrogens (tertiary/aromatic N) is 2. The maximum absolute atomic E-state index is 6.50. The lowest BCUT2D eigenvalue weighted by Crippen LogP contribution is -1.94. The van der Waals surface area contributed by atoms with E-state index < -0.39 is 0 Å². The Labute approximate surface area is 288 Å². The van der Waals surface area contributed by atoms with E-state index in [-0.39, 0.29) is 0 Å². The van der Waals surface area contributed by atoms with Gasteiger partial charge in [0.15, 0.2) is 5.82 Å². The van der Waals surface area contributed by atoms with Crippen LogP contribution in [-0.2, 0) is 0 Å². The molecule has 0 fully saturated rings. The largest absolute Gasteiger partial charge is 0.456 e. The van der Waals surface area contributed by atoms with E-state index in [1.54, 1.807) is 11.3 Å². The zero-order chi connectivity index (χ0) is 32.1. The van der Waals surface area contributed by atoms with E-state index in [4.69, 9.17) is 14.4 Å². The summed E-state index contributed by atoms with van der Waals surface area (Å²) in [6, 6.07) is 51.8. The van der Waals surface area contributed by atoms with E-state index in [2.05, 4.69) is 146 Å². The van der Waals surface area contributed by atoms with Gasteiger partial charge >= 0.3 is 0 Å². The van der Waals surface area contributed by atoms with Crippen LogP contribution in [-0.4, -0.2) is 9.97 Å². The zero-order valence-electron chi connectivity index (χ0n) is 26.0. The minimum Gasteiger partial charge on any atom is -0.456 e. The van der Waals surface area contributed by atoms with Gasteiger partial charge in [0.2, 0.25) is 0 Å². The van der Waals surface area contributed by atoms with Gasteiger partial charge in [-0.25, -0.2) is 9.97 Å². The van der Waals surface area contributed by atoms with Gasteiger partial charge in [-0.2, -0.15) is 0 Å². The van der Waals surface area contributed by atoms with Crippen LogP contribution in [0.25, 0.3) is 107 Å². The van der Waals surface area contributed by atoms with E-state index in [9.17, 15) is 0 Å². The number of hydrogen-bond acceptors (Lipinski definition) is 5. The smallest absolute Gasteiger partial charge is 0.160 e. The molecule has 3 nitrogen and oxygen atoms in total. The molecule has 11 aromatic rings. The average molecular weight is 661 g/mol. The number of aromatic nitrogens is 2. The van der Waals surface area contributed by atoms with Crippen LogP contribution in [0.2, 0.25) is 0 Å². The Balaban J connectivity index is 1.17. The van der Waals surface area contributed by atoms with Crippen LogP contribution in [0.3, 0.4) is 0 Å². The van der Waals surface area contributed by atoms with Crippen molar-refractivity contribution in [1.29, 1.82) is 0 Å². The first-order valence-electron chi connectivity index (χ1n) is 16.3. The van der Waals surface area contributed by atoms with E-state index in [0.717, 1.165) is 65.8 Å². The quantitative estimate of drug-likeness (QED) is 0.189. The molecule has 0 unspecified atom stereocenters. The number of furan rings is 1. The third-order valence-electron chi connectivity index (χ3n) is 9.69. The Bertz CT molecular complexity index is 3130. The van der Waals surface area contributed by atoms with Crippen LogP contribution < -0.4 is 0 Å². The van der Waals surface area contributed by atoms with Crippen molar-refractivity contribution in [1.82, 2.24) is 9.97 Å². The number of benzene rings is 7. The molecule has 0 atom stereocenters. The standard InChI is InChI=1S/C44H24N2OS2/c1-2-9-26-22-27(17-16-25(26)8-1)28-19-21-35-34(23-28)40-33(12-7-13-36(40)47-35)42-43-41(32-11-4-6-15-38(32)49-43)45-44(46-42)29-18-20-31-30-10-3-5-14-37(30)48-39(31)24-29/h1-24H. The first-order valence-corrected chi connectivity index (χ1v) is 17.9. The Kier molecular flexibility index (Phi) is 5.70. The first-order chi connectivity index (χ1) is 24.2. The molecule has 0 aliphatic heterocycles. The minimum absolute atomic E-state index is 0.729. The van der Waals surface area contributed by atoms with Gasteiger partial charge in [-0.1, -0.05) is 103 Å². The van der Waals surface area contributed by atoms with Crippen molar-refractivity contribution < 1.29 is 4.42 Å². The lowest BCUT2D eigenvalue weighted by molar-refractivity contribution is 0.669. The van der Waals surface area contributed by atoms with Crippen molar-refractivity contribution in [3.8, 4) is 33.8 Å². The lowest BCUT2D eigenvalue weighted by atomic mass is 9.98. The third kappa shape index (κ3) is 4.13. The molecule has 49 heavy (non-hydrogen) atoms. The molecular weight excluding hydrogens is 637 g/mol. The molecule has 0 saturated heterocycles. The van der Waals surface area contributed by atoms with Crippen molar-refractivity contribution >= 4 is 95.9 Å². The second-order valence-corrected chi connectivity index (χ2v) is 14.7. The highest BCUT2D eigenvalue weighted by molar-refractivity contribution is 7.26. The Morgan fingerprint density at radius 3 is 2.10 bits per heavy atom. The van der Waals surface area contributed by atoms with Gasteiger partial charge in [0, 0.05) is 52.2 Å². The SMILES string of the molecule is c1ccc2cc(-c3ccc4oc5cccc(-c6nc(-c7ccc8c(c7)sc7ccccc78)nc7c6sc6ccccc67)c5c4c3)ccc2c1. The molecule has 0 amide bonds. The summed E-state index contributed by atoms with van der Waals surface area (Å²) in [6.45, 7) is 0. The molecule has 4 heterocycles. The molecule has 11 rings (SSSR count). The molecule has 228 valence electrons. The average Bonchev–Trinajstić information content (AvgIpc) is 3.85. The lowest BCUT2D eigenvalue weighted by Gasteiger charge is -2.09. The van der Waals surface area contributed by atoms with E-state index in [0.29, 0.717) is 0 Å².